The van der Waals surface area contributed by atoms with Gasteiger partial charge in [-0.15, -0.1) is 0 Å². The summed E-state index contributed by atoms with van der Waals surface area (Å²) in [5, 5.41) is 0. The van der Waals surface area contributed by atoms with E-state index in [1.807, 2.05) is 12.1 Å². The lowest BCUT2D eigenvalue weighted by Gasteiger charge is -2.24. The van der Waals surface area contributed by atoms with Gasteiger partial charge in [0.2, 0.25) is 0 Å². The van der Waals surface area contributed by atoms with Crippen molar-refractivity contribution in [2.75, 3.05) is 13.7 Å². The van der Waals surface area contributed by atoms with Crippen molar-refractivity contribution in [2.45, 2.75) is 44.8 Å². The molecule has 1 aromatic rings. The minimum atomic E-state index is 0.328. The molecule has 2 unspecified atom stereocenters. The van der Waals surface area contributed by atoms with Crippen molar-refractivity contribution in [3.63, 3.8) is 0 Å². The zero-order chi connectivity index (χ0) is 13.5. The van der Waals surface area contributed by atoms with Gasteiger partial charge >= 0.3 is 0 Å². The average Bonchev–Trinajstić information content (AvgIpc) is 2.70. The quantitative estimate of drug-likeness (QED) is 0.830. The fourth-order valence-corrected chi connectivity index (χ4v) is 2.76. The van der Waals surface area contributed by atoms with Crippen molar-refractivity contribution >= 4 is 0 Å². The predicted molar refractivity (Wildman–Crippen MR) is 77.2 cm³/mol. The molecule has 1 aromatic carbocycles. The maximum absolute atomic E-state index is 6.11. The standard InChI is InChI=1S/C16H25NO2/c1-18-15-9-7-13(8-10-15)12-19-16-6-4-2-3-5-14(16)11-17/h7-10,14,16H,2-6,11-12,17H2,1H3. The molecule has 0 amide bonds. The van der Waals surface area contributed by atoms with Crippen LogP contribution in [0, 0.1) is 5.92 Å². The van der Waals surface area contributed by atoms with Gasteiger partial charge in [0, 0.05) is 0 Å². The molecule has 0 bridgehead atoms. The molecule has 0 saturated heterocycles. The van der Waals surface area contributed by atoms with Crippen molar-refractivity contribution in [1.82, 2.24) is 0 Å². The van der Waals surface area contributed by atoms with Crippen LogP contribution in [0.2, 0.25) is 0 Å². The van der Waals surface area contributed by atoms with E-state index < -0.39 is 0 Å². The van der Waals surface area contributed by atoms with Gasteiger partial charge in [-0.05, 0) is 43.0 Å². The second kappa shape index (κ2) is 7.51. The van der Waals surface area contributed by atoms with Gasteiger partial charge in [-0.3, -0.25) is 0 Å². The van der Waals surface area contributed by atoms with E-state index in [1.165, 1.54) is 31.2 Å². The highest BCUT2D eigenvalue weighted by molar-refractivity contribution is 5.26. The number of rotatable bonds is 5. The fraction of sp³-hybridized carbons (Fsp3) is 0.625. The summed E-state index contributed by atoms with van der Waals surface area (Å²) in [6.07, 6.45) is 6.57. The first-order chi connectivity index (χ1) is 9.33. The van der Waals surface area contributed by atoms with Crippen LogP contribution in [0.15, 0.2) is 24.3 Å². The van der Waals surface area contributed by atoms with Gasteiger partial charge in [0.1, 0.15) is 5.75 Å². The second-order valence-electron chi connectivity index (χ2n) is 5.33. The zero-order valence-corrected chi connectivity index (χ0v) is 11.8. The molecular formula is C16H25NO2. The first-order valence-electron chi connectivity index (χ1n) is 7.28. The Hall–Kier alpha value is -1.06. The largest absolute Gasteiger partial charge is 0.497 e. The molecular weight excluding hydrogens is 238 g/mol. The molecule has 106 valence electrons. The maximum Gasteiger partial charge on any atom is 0.118 e. The van der Waals surface area contributed by atoms with Crippen molar-refractivity contribution in [3.8, 4) is 5.75 Å². The Labute approximate surface area is 116 Å². The summed E-state index contributed by atoms with van der Waals surface area (Å²) in [6, 6.07) is 8.08. The van der Waals surface area contributed by atoms with Crippen LogP contribution in [0.3, 0.4) is 0 Å². The number of benzene rings is 1. The van der Waals surface area contributed by atoms with Gasteiger partial charge in [0.25, 0.3) is 0 Å². The number of ether oxygens (including phenoxy) is 2. The van der Waals surface area contributed by atoms with E-state index in [2.05, 4.69) is 12.1 Å². The third-order valence-electron chi connectivity index (χ3n) is 4.02. The highest BCUT2D eigenvalue weighted by Crippen LogP contribution is 2.26. The zero-order valence-electron chi connectivity index (χ0n) is 11.8. The molecule has 1 aliphatic carbocycles. The normalized spacial score (nSPS) is 23.9. The van der Waals surface area contributed by atoms with Crippen LogP contribution in [-0.2, 0) is 11.3 Å². The molecule has 2 N–H and O–H groups in total. The Kier molecular flexibility index (Phi) is 5.67. The summed E-state index contributed by atoms with van der Waals surface area (Å²) >= 11 is 0. The van der Waals surface area contributed by atoms with Gasteiger partial charge in [-0.25, -0.2) is 0 Å². The summed E-state index contributed by atoms with van der Waals surface area (Å²) in [5.41, 5.74) is 7.07. The number of hydrogen-bond donors (Lipinski definition) is 1. The number of nitrogens with two attached hydrogens (primary N) is 1. The van der Waals surface area contributed by atoms with Gasteiger partial charge < -0.3 is 15.2 Å². The smallest absolute Gasteiger partial charge is 0.118 e. The summed E-state index contributed by atoms with van der Waals surface area (Å²) in [7, 11) is 1.68. The summed E-state index contributed by atoms with van der Waals surface area (Å²) in [4.78, 5) is 0. The van der Waals surface area contributed by atoms with Crippen molar-refractivity contribution in [3.05, 3.63) is 29.8 Å². The van der Waals surface area contributed by atoms with Crippen molar-refractivity contribution in [2.24, 2.45) is 11.7 Å². The van der Waals surface area contributed by atoms with E-state index in [0.717, 1.165) is 18.7 Å². The highest BCUT2D eigenvalue weighted by atomic mass is 16.5. The van der Waals surface area contributed by atoms with E-state index in [9.17, 15) is 0 Å². The minimum Gasteiger partial charge on any atom is -0.497 e. The van der Waals surface area contributed by atoms with Gasteiger partial charge in [0.15, 0.2) is 0 Å². The van der Waals surface area contributed by atoms with Crippen LogP contribution in [0.5, 0.6) is 5.75 Å². The van der Waals surface area contributed by atoms with Crippen LogP contribution in [0.25, 0.3) is 0 Å². The fourth-order valence-electron chi connectivity index (χ4n) is 2.76. The molecule has 0 aromatic heterocycles. The van der Waals surface area contributed by atoms with E-state index in [1.54, 1.807) is 7.11 Å². The van der Waals surface area contributed by atoms with Gasteiger partial charge in [-0.2, -0.15) is 0 Å². The molecule has 0 heterocycles. The minimum absolute atomic E-state index is 0.328. The first kappa shape index (κ1) is 14.4. The molecule has 0 spiro atoms. The van der Waals surface area contributed by atoms with Crippen molar-refractivity contribution in [1.29, 1.82) is 0 Å². The van der Waals surface area contributed by atoms with Crippen LogP contribution >= 0.6 is 0 Å². The lowest BCUT2D eigenvalue weighted by Crippen LogP contribution is -2.29. The molecule has 0 aliphatic heterocycles. The van der Waals surface area contributed by atoms with Crippen LogP contribution < -0.4 is 10.5 Å². The SMILES string of the molecule is COc1ccc(COC2CCCCCC2CN)cc1. The van der Waals surface area contributed by atoms with Crippen LogP contribution in [0.4, 0.5) is 0 Å². The van der Waals surface area contributed by atoms with E-state index in [4.69, 9.17) is 15.2 Å². The first-order valence-corrected chi connectivity index (χ1v) is 7.28. The van der Waals surface area contributed by atoms with Crippen LogP contribution in [0.1, 0.15) is 37.7 Å². The highest BCUT2D eigenvalue weighted by Gasteiger charge is 2.23. The average molecular weight is 263 g/mol. The summed E-state index contributed by atoms with van der Waals surface area (Å²) in [6.45, 7) is 1.42. The van der Waals surface area contributed by atoms with E-state index in [-0.39, 0.29) is 0 Å². The van der Waals surface area contributed by atoms with Crippen molar-refractivity contribution < 1.29 is 9.47 Å². The lowest BCUT2D eigenvalue weighted by molar-refractivity contribution is -0.000796. The Morgan fingerprint density at radius 2 is 1.84 bits per heavy atom. The number of hydrogen-bond acceptors (Lipinski definition) is 3. The molecule has 1 aliphatic rings. The Bertz CT molecular complexity index is 364. The maximum atomic E-state index is 6.11. The van der Waals surface area contributed by atoms with Crippen LogP contribution in [-0.4, -0.2) is 19.8 Å². The third kappa shape index (κ3) is 4.22. The monoisotopic (exact) mass is 263 g/mol. The molecule has 0 radical (unpaired) electrons. The topological polar surface area (TPSA) is 44.5 Å². The molecule has 1 fully saturated rings. The van der Waals surface area contributed by atoms with E-state index >= 15 is 0 Å². The Morgan fingerprint density at radius 3 is 2.53 bits per heavy atom. The second-order valence-corrected chi connectivity index (χ2v) is 5.33. The molecule has 3 nitrogen and oxygen atoms in total. The molecule has 1 saturated carbocycles. The molecule has 2 atom stereocenters. The van der Waals surface area contributed by atoms with Gasteiger partial charge in [0.05, 0.1) is 19.8 Å². The number of methoxy groups -OCH3 is 1. The molecule has 2 rings (SSSR count). The summed E-state index contributed by atoms with van der Waals surface area (Å²) in [5.74, 6) is 1.42. The summed E-state index contributed by atoms with van der Waals surface area (Å²) < 4.78 is 11.3. The third-order valence-corrected chi connectivity index (χ3v) is 4.02. The Morgan fingerprint density at radius 1 is 1.11 bits per heavy atom. The predicted octanol–water partition coefficient (Wildman–Crippen LogP) is 3.12. The lowest BCUT2D eigenvalue weighted by atomic mass is 9.97. The van der Waals surface area contributed by atoms with Gasteiger partial charge in [-0.1, -0.05) is 31.4 Å². The van der Waals surface area contributed by atoms with E-state index in [0.29, 0.717) is 18.6 Å². The Balaban J connectivity index is 1.88. The molecule has 19 heavy (non-hydrogen) atoms. The molecule has 3 heteroatoms.